The standard InChI is InChI=1S/C35H52N2O3S/c1-21-10-13-35(29(38)39)15-14-33(6)23(27(35)22(21)2)8-9-26-32(5)20-24-28(31(3,4)25(32)11-12-34(26,33)7)36-30(41-24)37-16-18-40-19-17-37/h8,21-22,25-27H,9-20H2,1-7H3,(H,38,39)/t21-,22+,25+,26-,27+,32+,33-,34-,35+/m1/s1. The van der Waals surface area contributed by atoms with Gasteiger partial charge >= 0.3 is 5.97 Å². The minimum Gasteiger partial charge on any atom is -0.481 e. The second-order valence-corrected chi connectivity index (χ2v) is 17.4. The first kappa shape index (κ1) is 28.4. The van der Waals surface area contributed by atoms with Gasteiger partial charge in [0.25, 0.3) is 0 Å². The smallest absolute Gasteiger partial charge is 0.310 e. The van der Waals surface area contributed by atoms with Crippen LogP contribution in [-0.4, -0.2) is 42.4 Å². The van der Waals surface area contributed by atoms with E-state index in [0.29, 0.717) is 23.7 Å². The molecule has 5 nitrogen and oxygen atoms in total. The number of anilines is 1. The number of nitrogens with zero attached hydrogens (tertiary/aromatic N) is 2. The third kappa shape index (κ3) is 3.56. The number of carbonyl (C=O) groups is 1. The van der Waals surface area contributed by atoms with Crippen LogP contribution in [0.4, 0.5) is 5.13 Å². The van der Waals surface area contributed by atoms with E-state index in [1.807, 2.05) is 11.3 Å². The Morgan fingerprint density at radius 3 is 2.46 bits per heavy atom. The number of thiazole rings is 1. The first-order valence-corrected chi connectivity index (χ1v) is 17.4. The minimum atomic E-state index is -0.568. The maximum absolute atomic E-state index is 13.0. The summed E-state index contributed by atoms with van der Waals surface area (Å²) in [7, 11) is 0. The molecule has 0 spiro atoms. The maximum Gasteiger partial charge on any atom is 0.310 e. The summed E-state index contributed by atoms with van der Waals surface area (Å²) in [5, 5.41) is 11.9. The molecule has 0 radical (unpaired) electrons. The van der Waals surface area contributed by atoms with E-state index in [-0.39, 0.29) is 27.6 Å². The number of rotatable bonds is 2. The van der Waals surface area contributed by atoms with Crippen LogP contribution in [0, 0.1) is 51.2 Å². The average molecular weight is 581 g/mol. The van der Waals surface area contributed by atoms with Crippen LogP contribution in [-0.2, 0) is 21.4 Å². The van der Waals surface area contributed by atoms with Crippen LogP contribution in [0.5, 0.6) is 0 Å². The van der Waals surface area contributed by atoms with Crippen LogP contribution < -0.4 is 4.90 Å². The number of hydrogen-bond acceptors (Lipinski definition) is 5. The second kappa shape index (κ2) is 9.06. The fourth-order valence-corrected chi connectivity index (χ4v) is 13.5. The van der Waals surface area contributed by atoms with Crippen molar-refractivity contribution in [2.24, 2.45) is 51.2 Å². The van der Waals surface area contributed by atoms with Crippen LogP contribution in [0.1, 0.15) is 104 Å². The van der Waals surface area contributed by atoms with Gasteiger partial charge in [-0.1, -0.05) is 60.1 Å². The van der Waals surface area contributed by atoms with Crippen molar-refractivity contribution in [3.8, 4) is 0 Å². The normalized spacial score (nSPS) is 46.8. The quantitative estimate of drug-likeness (QED) is 0.363. The number of allylic oxidation sites excluding steroid dienone is 2. The summed E-state index contributed by atoms with van der Waals surface area (Å²) in [6.07, 6.45) is 11.1. The lowest BCUT2D eigenvalue weighted by Gasteiger charge is -2.70. The van der Waals surface area contributed by atoms with Crippen molar-refractivity contribution in [1.29, 1.82) is 0 Å². The molecule has 0 aromatic carbocycles. The summed E-state index contributed by atoms with van der Waals surface area (Å²) < 4.78 is 5.64. The number of morpholine rings is 1. The molecule has 1 N–H and O–H groups in total. The first-order chi connectivity index (χ1) is 19.3. The highest BCUT2D eigenvalue weighted by Gasteiger charge is 2.69. The van der Waals surface area contributed by atoms with E-state index >= 15 is 0 Å². The monoisotopic (exact) mass is 580 g/mol. The highest BCUT2D eigenvalue weighted by molar-refractivity contribution is 7.15. The number of carboxylic acids is 1. The molecule has 6 aliphatic rings. The molecule has 6 heteroatoms. The zero-order valence-corrected chi connectivity index (χ0v) is 27.3. The number of hydrogen-bond donors (Lipinski definition) is 1. The molecule has 226 valence electrons. The molecule has 3 saturated carbocycles. The molecule has 0 amide bonds. The Labute approximate surface area is 251 Å². The Morgan fingerprint density at radius 2 is 1.76 bits per heavy atom. The third-order valence-corrected chi connectivity index (χ3v) is 15.8. The maximum atomic E-state index is 13.0. The largest absolute Gasteiger partial charge is 0.481 e. The Bertz CT molecular complexity index is 1280. The molecule has 4 fully saturated rings. The first-order valence-electron chi connectivity index (χ1n) is 16.6. The third-order valence-electron chi connectivity index (χ3n) is 14.7. The number of ether oxygens (including phenoxy) is 1. The molecule has 1 saturated heterocycles. The Morgan fingerprint density at radius 1 is 1.02 bits per heavy atom. The molecular weight excluding hydrogens is 528 g/mol. The van der Waals surface area contributed by atoms with E-state index in [4.69, 9.17) is 9.72 Å². The molecule has 7 rings (SSSR count). The summed E-state index contributed by atoms with van der Waals surface area (Å²) in [5.41, 5.74) is 2.83. The zero-order chi connectivity index (χ0) is 29.2. The van der Waals surface area contributed by atoms with Crippen molar-refractivity contribution in [2.45, 2.75) is 105 Å². The number of aliphatic carboxylic acids is 1. The summed E-state index contributed by atoms with van der Waals surface area (Å²) in [6, 6.07) is 0. The van der Waals surface area contributed by atoms with Crippen LogP contribution in [0.25, 0.3) is 0 Å². The predicted octanol–water partition coefficient (Wildman–Crippen LogP) is 7.74. The minimum absolute atomic E-state index is 0.0495. The van der Waals surface area contributed by atoms with Gasteiger partial charge < -0.3 is 14.7 Å². The lowest BCUT2D eigenvalue weighted by Crippen LogP contribution is -2.65. The molecule has 1 aromatic heterocycles. The Kier molecular flexibility index (Phi) is 6.27. The molecule has 5 aliphatic carbocycles. The van der Waals surface area contributed by atoms with Crippen LogP contribution in [0.3, 0.4) is 0 Å². The highest BCUT2D eigenvalue weighted by atomic mass is 32.1. The van der Waals surface area contributed by atoms with Gasteiger partial charge in [-0.05, 0) is 97.2 Å². The van der Waals surface area contributed by atoms with Gasteiger partial charge in [0.15, 0.2) is 5.13 Å². The molecule has 41 heavy (non-hydrogen) atoms. The van der Waals surface area contributed by atoms with Gasteiger partial charge in [-0.2, -0.15) is 0 Å². The fraction of sp³-hybridized carbons (Fsp3) is 0.829. The van der Waals surface area contributed by atoms with Gasteiger partial charge in [0.1, 0.15) is 0 Å². The number of aromatic nitrogens is 1. The van der Waals surface area contributed by atoms with Crippen molar-refractivity contribution in [1.82, 2.24) is 4.98 Å². The topological polar surface area (TPSA) is 62.7 Å². The van der Waals surface area contributed by atoms with E-state index in [1.165, 1.54) is 34.1 Å². The van der Waals surface area contributed by atoms with Crippen molar-refractivity contribution in [3.05, 3.63) is 22.2 Å². The van der Waals surface area contributed by atoms with Gasteiger partial charge in [0, 0.05) is 23.4 Å². The van der Waals surface area contributed by atoms with Crippen LogP contribution in [0.15, 0.2) is 11.6 Å². The van der Waals surface area contributed by atoms with Crippen LogP contribution in [0.2, 0.25) is 0 Å². The molecule has 0 bridgehead atoms. The van der Waals surface area contributed by atoms with E-state index in [2.05, 4.69) is 59.4 Å². The van der Waals surface area contributed by atoms with E-state index in [9.17, 15) is 9.90 Å². The molecule has 2 heterocycles. The zero-order valence-electron chi connectivity index (χ0n) is 26.5. The average Bonchev–Trinajstić information content (AvgIpc) is 3.36. The lowest BCUT2D eigenvalue weighted by molar-refractivity contribution is -0.179. The SMILES string of the molecule is C[C@H]1[C@H](C)CC[C@]2(C(=O)O)CC[C@]3(C)C(=CC[C@@H]4[C@@]5(C)Cc6sc(N7CCOCC7)nc6C(C)(C)[C@@H]5CC[C@]43C)[C@H]12. The second-order valence-electron chi connectivity index (χ2n) is 16.4. The summed E-state index contributed by atoms with van der Waals surface area (Å²) >= 11 is 1.96. The number of carboxylic acid groups (broad SMARTS) is 1. The van der Waals surface area contributed by atoms with Gasteiger partial charge in [0.05, 0.1) is 24.3 Å². The number of fused-ring (bicyclic) bond motifs is 8. The van der Waals surface area contributed by atoms with Crippen molar-refractivity contribution >= 4 is 22.4 Å². The fourth-order valence-electron chi connectivity index (χ4n) is 12.0. The highest BCUT2D eigenvalue weighted by Crippen LogP contribution is 2.75. The van der Waals surface area contributed by atoms with Crippen molar-refractivity contribution < 1.29 is 14.6 Å². The van der Waals surface area contributed by atoms with Crippen LogP contribution >= 0.6 is 11.3 Å². The van der Waals surface area contributed by atoms with Gasteiger partial charge in [-0.25, -0.2) is 4.98 Å². The summed E-state index contributed by atoms with van der Waals surface area (Å²) in [5.74, 6) is 1.85. The predicted molar refractivity (Wildman–Crippen MR) is 165 cm³/mol. The summed E-state index contributed by atoms with van der Waals surface area (Å²) in [6.45, 7) is 21.0. The molecule has 9 atom stereocenters. The molecular formula is C35H52N2O3S. The van der Waals surface area contributed by atoms with Crippen molar-refractivity contribution in [2.75, 3.05) is 31.2 Å². The van der Waals surface area contributed by atoms with Gasteiger partial charge in [-0.3, -0.25) is 4.79 Å². The lowest BCUT2D eigenvalue weighted by atomic mass is 9.33. The van der Waals surface area contributed by atoms with Gasteiger partial charge in [0.2, 0.25) is 0 Å². The van der Waals surface area contributed by atoms with Crippen molar-refractivity contribution in [3.63, 3.8) is 0 Å². The molecule has 0 unspecified atom stereocenters. The Hall–Kier alpha value is -1.40. The van der Waals surface area contributed by atoms with E-state index < -0.39 is 11.4 Å². The molecule has 1 aliphatic heterocycles. The van der Waals surface area contributed by atoms with Gasteiger partial charge in [-0.15, -0.1) is 11.3 Å². The summed E-state index contributed by atoms with van der Waals surface area (Å²) in [4.78, 5) is 22.3. The van der Waals surface area contributed by atoms with E-state index in [0.717, 1.165) is 64.8 Å². The Balaban J connectivity index is 1.30. The molecule has 1 aromatic rings. The van der Waals surface area contributed by atoms with E-state index in [1.54, 1.807) is 0 Å².